The van der Waals surface area contributed by atoms with Gasteiger partial charge < -0.3 is 15.3 Å². The lowest BCUT2D eigenvalue weighted by atomic mass is 9.79. The maximum absolute atomic E-state index is 12.8. The van der Waals surface area contributed by atoms with Crippen LogP contribution in [0.15, 0.2) is 24.3 Å². The van der Waals surface area contributed by atoms with Gasteiger partial charge in [-0.25, -0.2) is 0 Å². The average Bonchev–Trinajstić information content (AvgIpc) is 2.45. The third-order valence-corrected chi connectivity index (χ3v) is 4.40. The number of benzene rings is 1. The van der Waals surface area contributed by atoms with Crippen molar-refractivity contribution in [1.29, 1.82) is 0 Å². The molecule has 21 heavy (non-hydrogen) atoms. The van der Waals surface area contributed by atoms with E-state index in [9.17, 15) is 14.7 Å². The van der Waals surface area contributed by atoms with Gasteiger partial charge in [0, 0.05) is 6.54 Å². The Bertz CT molecular complexity index is 564. The van der Waals surface area contributed by atoms with Gasteiger partial charge in [0.25, 0.3) is 0 Å². The van der Waals surface area contributed by atoms with Crippen LogP contribution in [0.1, 0.15) is 37.7 Å². The van der Waals surface area contributed by atoms with Gasteiger partial charge in [-0.1, -0.05) is 31.4 Å². The molecule has 2 amide bonds. The van der Waals surface area contributed by atoms with Crippen molar-refractivity contribution in [3.8, 4) is 5.75 Å². The van der Waals surface area contributed by atoms with E-state index < -0.39 is 5.54 Å². The topological polar surface area (TPSA) is 69.6 Å². The molecule has 0 aromatic heterocycles. The van der Waals surface area contributed by atoms with Crippen LogP contribution in [0.3, 0.4) is 0 Å². The van der Waals surface area contributed by atoms with Crippen molar-refractivity contribution in [2.24, 2.45) is 0 Å². The van der Waals surface area contributed by atoms with E-state index in [-0.39, 0.29) is 24.1 Å². The van der Waals surface area contributed by atoms with Crippen LogP contribution in [0.25, 0.3) is 0 Å². The van der Waals surface area contributed by atoms with Crippen molar-refractivity contribution < 1.29 is 14.7 Å². The Morgan fingerprint density at radius 1 is 1.19 bits per heavy atom. The van der Waals surface area contributed by atoms with Crippen LogP contribution in [-0.2, 0) is 16.1 Å². The molecule has 1 saturated heterocycles. The molecule has 1 aromatic rings. The Hall–Kier alpha value is -2.04. The highest BCUT2D eigenvalue weighted by molar-refractivity contribution is 5.98. The zero-order valence-electron chi connectivity index (χ0n) is 12.0. The van der Waals surface area contributed by atoms with Gasteiger partial charge in [-0.15, -0.1) is 0 Å². The second-order valence-electron chi connectivity index (χ2n) is 6.02. The summed E-state index contributed by atoms with van der Waals surface area (Å²) in [6, 6.07) is 6.83. The van der Waals surface area contributed by atoms with E-state index in [1.165, 1.54) is 0 Å². The summed E-state index contributed by atoms with van der Waals surface area (Å²) < 4.78 is 0. The highest BCUT2D eigenvalue weighted by Crippen LogP contribution is 2.32. The molecule has 0 radical (unpaired) electrons. The van der Waals surface area contributed by atoms with E-state index in [4.69, 9.17) is 0 Å². The first kappa shape index (κ1) is 13.9. The molecule has 1 heterocycles. The molecular formula is C16H20N2O3. The van der Waals surface area contributed by atoms with Crippen molar-refractivity contribution in [1.82, 2.24) is 10.2 Å². The normalized spacial score (nSPS) is 21.4. The van der Waals surface area contributed by atoms with Crippen molar-refractivity contribution in [2.45, 2.75) is 44.2 Å². The maximum Gasteiger partial charge on any atom is 0.249 e. The fraction of sp³-hybridized carbons (Fsp3) is 0.500. The lowest BCUT2D eigenvalue weighted by molar-refractivity contribution is -0.152. The monoisotopic (exact) mass is 288 g/mol. The molecular weight excluding hydrogens is 268 g/mol. The zero-order chi connectivity index (χ0) is 14.9. The zero-order valence-corrected chi connectivity index (χ0v) is 12.0. The summed E-state index contributed by atoms with van der Waals surface area (Å²) in [5, 5.41) is 12.4. The van der Waals surface area contributed by atoms with E-state index in [0.29, 0.717) is 6.54 Å². The minimum Gasteiger partial charge on any atom is -0.508 e. The molecule has 3 rings (SSSR count). The molecule has 2 fully saturated rings. The van der Waals surface area contributed by atoms with Gasteiger partial charge in [0.05, 0.1) is 6.54 Å². The summed E-state index contributed by atoms with van der Waals surface area (Å²) in [7, 11) is 0. The predicted molar refractivity (Wildman–Crippen MR) is 77.5 cm³/mol. The van der Waals surface area contributed by atoms with Crippen LogP contribution in [0.5, 0.6) is 5.75 Å². The second kappa shape index (κ2) is 5.39. The van der Waals surface area contributed by atoms with Crippen LogP contribution in [0, 0.1) is 0 Å². The number of carbonyl (C=O) groups is 2. The summed E-state index contributed by atoms with van der Waals surface area (Å²) in [6.45, 7) is 0.457. The number of aromatic hydroxyl groups is 1. The number of phenolic OH excluding ortho intramolecular Hbond substituents is 1. The molecule has 1 saturated carbocycles. The lowest BCUT2D eigenvalue weighted by Crippen LogP contribution is -2.66. The number of nitrogens with zero attached hydrogens (tertiary/aromatic N) is 1. The summed E-state index contributed by atoms with van der Waals surface area (Å²) in [5.74, 6) is 0.107. The molecule has 2 N–H and O–H groups in total. The molecule has 1 aliphatic carbocycles. The average molecular weight is 288 g/mol. The first-order valence-corrected chi connectivity index (χ1v) is 7.47. The molecule has 1 aromatic carbocycles. The van der Waals surface area contributed by atoms with Gasteiger partial charge in [0.2, 0.25) is 11.8 Å². The summed E-state index contributed by atoms with van der Waals surface area (Å²) in [6.07, 6.45) is 4.54. The molecule has 1 aliphatic heterocycles. The Morgan fingerprint density at radius 3 is 2.67 bits per heavy atom. The van der Waals surface area contributed by atoms with Gasteiger partial charge in [-0.2, -0.15) is 0 Å². The van der Waals surface area contributed by atoms with Crippen LogP contribution >= 0.6 is 0 Å². The standard InChI is InChI=1S/C16H20N2O3/c19-13-6-4-5-12(9-13)10-18-11-14(20)17-16(15(18)21)7-2-1-3-8-16/h4-6,9,19H,1-3,7-8,10-11H2,(H,17,20). The first-order chi connectivity index (χ1) is 10.1. The fourth-order valence-corrected chi connectivity index (χ4v) is 3.40. The van der Waals surface area contributed by atoms with E-state index in [2.05, 4.69) is 5.32 Å². The minimum atomic E-state index is -0.690. The van der Waals surface area contributed by atoms with E-state index in [1.54, 1.807) is 23.1 Å². The number of phenols is 1. The van der Waals surface area contributed by atoms with Gasteiger partial charge in [-0.05, 0) is 30.5 Å². The van der Waals surface area contributed by atoms with E-state index in [0.717, 1.165) is 37.7 Å². The van der Waals surface area contributed by atoms with Crippen LogP contribution in [0.4, 0.5) is 0 Å². The van der Waals surface area contributed by atoms with Crippen LogP contribution < -0.4 is 5.32 Å². The minimum absolute atomic E-state index is 0.0187. The Balaban J connectivity index is 1.81. The Morgan fingerprint density at radius 2 is 1.95 bits per heavy atom. The highest BCUT2D eigenvalue weighted by atomic mass is 16.3. The van der Waals surface area contributed by atoms with Gasteiger partial charge >= 0.3 is 0 Å². The third kappa shape index (κ3) is 2.73. The van der Waals surface area contributed by atoms with Crippen molar-refractivity contribution in [2.75, 3.05) is 6.54 Å². The fourth-order valence-electron chi connectivity index (χ4n) is 3.40. The number of hydrogen-bond donors (Lipinski definition) is 2. The molecule has 0 atom stereocenters. The van der Waals surface area contributed by atoms with E-state index in [1.807, 2.05) is 6.07 Å². The quantitative estimate of drug-likeness (QED) is 0.867. The smallest absolute Gasteiger partial charge is 0.249 e. The largest absolute Gasteiger partial charge is 0.508 e. The molecule has 5 heteroatoms. The molecule has 5 nitrogen and oxygen atoms in total. The number of hydrogen-bond acceptors (Lipinski definition) is 3. The first-order valence-electron chi connectivity index (χ1n) is 7.47. The van der Waals surface area contributed by atoms with E-state index >= 15 is 0 Å². The van der Waals surface area contributed by atoms with Crippen molar-refractivity contribution in [3.63, 3.8) is 0 Å². The third-order valence-electron chi connectivity index (χ3n) is 4.40. The summed E-state index contributed by atoms with van der Waals surface area (Å²) in [4.78, 5) is 26.4. The Kier molecular flexibility index (Phi) is 3.57. The molecule has 0 unspecified atom stereocenters. The predicted octanol–water partition coefficient (Wildman–Crippen LogP) is 1.55. The van der Waals surface area contributed by atoms with Crippen LogP contribution in [0.2, 0.25) is 0 Å². The molecule has 112 valence electrons. The number of carbonyl (C=O) groups excluding carboxylic acids is 2. The number of rotatable bonds is 2. The lowest BCUT2D eigenvalue weighted by Gasteiger charge is -2.44. The number of nitrogens with one attached hydrogen (secondary N) is 1. The number of amides is 2. The van der Waals surface area contributed by atoms with Gasteiger partial charge in [0.1, 0.15) is 11.3 Å². The van der Waals surface area contributed by atoms with Crippen molar-refractivity contribution >= 4 is 11.8 Å². The molecule has 1 spiro atoms. The van der Waals surface area contributed by atoms with Crippen molar-refractivity contribution in [3.05, 3.63) is 29.8 Å². The van der Waals surface area contributed by atoms with Crippen LogP contribution in [-0.4, -0.2) is 33.9 Å². The molecule has 2 aliphatic rings. The van der Waals surface area contributed by atoms with Gasteiger partial charge in [-0.3, -0.25) is 9.59 Å². The molecule has 0 bridgehead atoms. The Labute approximate surface area is 123 Å². The highest BCUT2D eigenvalue weighted by Gasteiger charge is 2.46. The second-order valence-corrected chi connectivity index (χ2v) is 6.02. The maximum atomic E-state index is 12.8. The summed E-state index contributed by atoms with van der Waals surface area (Å²) in [5.41, 5.74) is 0.147. The summed E-state index contributed by atoms with van der Waals surface area (Å²) >= 11 is 0. The number of piperazine rings is 1. The van der Waals surface area contributed by atoms with Gasteiger partial charge in [0.15, 0.2) is 0 Å². The SMILES string of the molecule is O=C1CN(Cc2cccc(O)c2)C(=O)C2(CCCCC2)N1.